The smallest absolute Gasteiger partial charge is 0.349 e. The largest absolute Gasteiger partial charge is 0.476 e. The predicted molar refractivity (Wildman–Crippen MR) is 110 cm³/mol. The van der Waals surface area contributed by atoms with Gasteiger partial charge in [0, 0.05) is 5.39 Å². The number of ether oxygens (including phenoxy) is 2. The van der Waals surface area contributed by atoms with E-state index in [1.165, 1.54) is 18.2 Å². The first-order chi connectivity index (χ1) is 16.2. The van der Waals surface area contributed by atoms with Crippen LogP contribution in [0.2, 0.25) is 0 Å². The number of esters is 1. The molecule has 0 aliphatic rings. The quantitative estimate of drug-likeness (QED) is 0.0958. The van der Waals surface area contributed by atoms with Gasteiger partial charge in [-0.1, -0.05) is 30.3 Å². The third-order valence-electron chi connectivity index (χ3n) is 4.93. The number of benzene rings is 3. The highest BCUT2D eigenvalue weighted by Crippen LogP contribution is 2.30. The summed E-state index contributed by atoms with van der Waals surface area (Å²) in [7, 11) is 0. The van der Waals surface area contributed by atoms with Gasteiger partial charge in [0.25, 0.3) is 0 Å². The topological polar surface area (TPSA) is 65.7 Å². The third kappa shape index (κ3) is 4.09. The van der Waals surface area contributed by atoms with Gasteiger partial charge in [0.05, 0.1) is 5.56 Å². The molecule has 0 amide bonds. The summed E-state index contributed by atoms with van der Waals surface area (Å²) in [5, 5.41) is 0.449. The summed E-state index contributed by atoms with van der Waals surface area (Å²) in [4.78, 5) is 24.5. The molecule has 10 heteroatoms. The second-order valence-electron chi connectivity index (χ2n) is 7.08. The highest BCUT2D eigenvalue weighted by molar-refractivity contribution is 5.88. The number of aryl methyl sites for hydroxylation is 1. The molecular weight excluding hydrogens is 463 g/mol. The van der Waals surface area contributed by atoms with Crippen LogP contribution in [0.3, 0.4) is 0 Å². The Hall–Kier alpha value is -4.21. The van der Waals surface area contributed by atoms with Crippen molar-refractivity contribution in [3.05, 3.63) is 93.6 Å². The summed E-state index contributed by atoms with van der Waals surface area (Å²) in [6.45, 7) is 0.536. The fourth-order valence-electron chi connectivity index (χ4n) is 3.34. The summed E-state index contributed by atoms with van der Waals surface area (Å²) in [6, 6.07) is 12.8. The molecule has 0 unspecified atom stereocenters. The lowest BCUT2D eigenvalue weighted by molar-refractivity contribution is -0.136. The van der Waals surface area contributed by atoms with Gasteiger partial charge >= 0.3 is 11.6 Å². The molecule has 4 aromatic rings. The normalized spacial score (nSPS) is 11.0. The van der Waals surface area contributed by atoms with Crippen LogP contribution in [0.15, 0.2) is 57.7 Å². The Balaban J connectivity index is 1.58. The molecule has 1 heterocycles. The van der Waals surface area contributed by atoms with Crippen molar-refractivity contribution in [2.75, 3.05) is 6.61 Å². The first-order valence-electron chi connectivity index (χ1n) is 9.66. The van der Waals surface area contributed by atoms with E-state index in [4.69, 9.17) is 9.15 Å². The molecule has 0 saturated carbocycles. The van der Waals surface area contributed by atoms with Gasteiger partial charge in [0.15, 0.2) is 12.4 Å². The van der Waals surface area contributed by atoms with E-state index in [-0.39, 0.29) is 11.3 Å². The predicted octanol–water partition coefficient (Wildman–Crippen LogP) is 5.45. The second-order valence-corrected chi connectivity index (χ2v) is 7.08. The lowest BCUT2D eigenvalue weighted by atomic mass is 9.99. The van der Waals surface area contributed by atoms with Crippen molar-refractivity contribution < 1.29 is 40.6 Å². The summed E-state index contributed by atoms with van der Waals surface area (Å²) in [5.41, 5.74) is 1.14. The van der Waals surface area contributed by atoms with Gasteiger partial charge < -0.3 is 13.9 Å². The van der Waals surface area contributed by atoms with Crippen LogP contribution in [0.4, 0.5) is 22.0 Å². The average molecular weight is 476 g/mol. The van der Waals surface area contributed by atoms with Crippen LogP contribution in [0.1, 0.15) is 5.56 Å². The minimum absolute atomic E-state index is 0.0329. The molecule has 4 rings (SSSR count). The third-order valence-corrected chi connectivity index (χ3v) is 4.93. The first kappa shape index (κ1) is 23.0. The van der Waals surface area contributed by atoms with E-state index in [1.54, 1.807) is 37.3 Å². The molecule has 174 valence electrons. The Morgan fingerprint density at radius 3 is 2.15 bits per heavy atom. The van der Waals surface area contributed by atoms with Crippen molar-refractivity contribution in [3.63, 3.8) is 0 Å². The number of fused-ring (bicyclic) bond motifs is 1. The number of halogens is 5. The molecule has 0 saturated heterocycles. The lowest BCUT2D eigenvalue weighted by Crippen LogP contribution is -2.19. The maximum absolute atomic E-state index is 13.7. The average Bonchev–Trinajstić information content (AvgIpc) is 2.82. The van der Waals surface area contributed by atoms with E-state index < -0.39 is 53.0 Å². The van der Waals surface area contributed by atoms with Crippen LogP contribution in [0, 0.1) is 36.0 Å². The lowest BCUT2D eigenvalue weighted by Gasteiger charge is -2.11. The summed E-state index contributed by atoms with van der Waals surface area (Å²) >= 11 is 0. The van der Waals surface area contributed by atoms with Gasteiger partial charge in [-0.25, -0.2) is 22.8 Å². The van der Waals surface area contributed by atoms with Crippen LogP contribution in [-0.2, 0) is 4.79 Å². The van der Waals surface area contributed by atoms with Gasteiger partial charge in [-0.3, -0.25) is 0 Å². The highest BCUT2D eigenvalue weighted by Gasteiger charge is 2.27. The highest BCUT2D eigenvalue weighted by atomic mass is 19.2. The van der Waals surface area contributed by atoms with Crippen LogP contribution in [0.5, 0.6) is 11.5 Å². The Bertz CT molecular complexity index is 1450. The van der Waals surface area contributed by atoms with Gasteiger partial charge in [0.1, 0.15) is 11.3 Å². The zero-order chi connectivity index (χ0) is 24.6. The molecule has 0 spiro atoms. The number of rotatable bonds is 5. The molecule has 0 aliphatic carbocycles. The maximum Gasteiger partial charge on any atom is 0.349 e. The SMILES string of the molecule is Cc1c(-c2ccccc2)c(=O)oc2ccc(OC(=O)COc3c(F)c(F)c(F)c(F)c3F)cc12. The van der Waals surface area contributed by atoms with E-state index in [2.05, 4.69) is 4.74 Å². The Labute approximate surface area is 188 Å². The maximum atomic E-state index is 13.7. The van der Waals surface area contributed by atoms with Crippen LogP contribution in [-0.4, -0.2) is 12.6 Å². The molecule has 1 aromatic heterocycles. The molecule has 0 fully saturated rings. The minimum Gasteiger partial charge on any atom is -0.476 e. The summed E-state index contributed by atoms with van der Waals surface area (Å²) < 4.78 is 81.9. The molecule has 5 nitrogen and oxygen atoms in total. The standard InChI is InChI=1S/C24H13F5O5/c1-11-14-9-13(7-8-15(14)34-24(31)17(11)12-5-3-2-4-6-12)33-16(30)10-32-23-21(28)19(26)18(25)20(27)22(23)29/h2-9H,10H2,1H3. The number of carbonyl (C=O) groups excluding carboxylic acids is 1. The molecule has 34 heavy (non-hydrogen) atoms. The molecule has 0 radical (unpaired) electrons. The van der Waals surface area contributed by atoms with Crippen molar-refractivity contribution >= 4 is 16.9 Å². The Morgan fingerprint density at radius 2 is 1.50 bits per heavy atom. The Kier molecular flexibility index (Phi) is 6.06. The monoisotopic (exact) mass is 476 g/mol. The fraction of sp³-hybridized carbons (Fsp3) is 0.0833. The van der Waals surface area contributed by atoms with Crippen molar-refractivity contribution in [3.8, 4) is 22.6 Å². The van der Waals surface area contributed by atoms with Gasteiger partial charge in [-0.2, -0.15) is 8.78 Å². The van der Waals surface area contributed by atoms with E-state index in [9.17, 15) is 31.5 Å². The van der Waals surface area contributed by atoms with Crippen molar-refractivity contribution in [1.29, 1.82) is 0 Å². The molecule has 0 N–H and O–H groups in total. The van der Waals surface area contributed by atoms with Gasteiger partial charge in [0.2, 0.25) is 29.1 Å². The molecule has 0 aliphatic heterocycles. The van der Waals surface area contributed by atoms with Crippen molar-refractivity contribution in [2.24, 2.45) is 0 Å². The van der Waals surface area contributed by atoms with Gasteiger partial charge in [-0.05, 0) is 36.2 Å². The molecule has 0 atom stereocenters. The zero-order valence-corrected chi connectivity index (χ0v) is 17.3. The van der Waals surface area contributed by atoms with Crippen LogP contribution >= 0.6 is 0 Å². The van der Waals surface area contributed by atoms with E-state index >= 15 is 0 Å². The number of carbonyl (C=O) groups is 1. The van der Waals surface area contributed by atoms with E-state index in [1.807, 2.05) is 0 Å². The molecular formula is C24H13F5O5. The first-order valence-corrected chi connectivity index (χ1v) is 9.66. The molecule has 3 aromatic carbocycles. The fourth-order valence-corrected chi connectivity index (χ4v) is 3.34. The van der Waals surface area contributed by atoms with Crippen LogP contribution in [0.25, 0.3) is 22.1 Å². The summed E-state index contributed by atoms with van der Waals surface area (Å²) in [6.07, 6.45) is 0. The van der Waals surface area contributed by atoms with E-state index in [0.717, 1.165) is 0 Å². The zero-order valence-electron chi connectivity index (χ0n) is 17.3. The van der Waals surface area contributed by atoms with Crippen LogP contribution < -0.4 is 15.1 Å². The van der Waals surface area contributed by atoms with E-state index in [0.29, 0.717) is 22.1 Å². The van der Waals surface area contributed by atoms with Crippen molar-refractivity contribution in [2.45, 2.75) is 6.92 Å². The second kappa shape index (κ2) is 8.97. The number of hydrogen-bond acceptors (Lipinski definition) is 5. The Morgan fingerprint density at radius 1 is 0.882 bits per heavy atom. The van der Waals surface area contributed by atoms with Gasteiger partial charge in [-0.15, -0.1) is 0 Å². The molecule has 0 bridgehead atoms. The number of hydrogen-bond donors (Lipinski definition) is 0. The summed E-state index contributed by atoms with van der Waals surface area (Å²) in [5.74, 6) is -14.0. The minimum atomic E-state index is -2.35. The van der Waals surface area contributed by atoms with Crippen molar-refractivity contribution in [1.82, 2.24) is 0 Å².